The summed E-state index contributed by atoms with van der Waals surface area (Å²) in [5.74, 6) is -0.353. The number of carbonyl (C=O) groups excluding carboxylic acids is 1. The first-order chi connectivity index (χ1) is 12.9. The van der Waals surface area contributed by atoms with E-state index in [1.807, 2.05) is 6.07 Å². The number of carbonyl (C=O) groups is 1. The highest BCUT2D eigenvalue weighted by Gasteiger charge is 2.20. The molecule has 0 saturated carbocycles. The predicted molar refractivity (Wildman–Crippen MR) is 102 cm³/mol. The number of hydrogen-bond donors (Lipinski definition) is 1. The van der Waals surface area contributed by atoms with Gasteiger partial charge in [-0.1, -0.05) is 17.7 Å². The van der Waals surface area contributed by atoms with Crippen LogP contribution in [0.4, 0.5) is 5.82 Å². The number of esters is 1. The minimum atomic E-state index is -3.50. The Hall–Kier alpha value is -2.19. The summed E-state index contributed by atoms with van der Waals surface area (Å²) in [5, 5.41) is 3.17. The number of halogens is 1. The molecular weight excluding hydrogens is 390 g/mol. The van der Waals surface area contributed by atoms with Crippen LogP contribution in [0.15, 0.2) is 35.5 Å². The normalized spacial score (nSPS) is 13.2. The highest BCUT2D eigenvalue weighted by molar-refractivity contribution is 7.91. The van der Waals surface area contributed by atoms with Crippen molar-refractivity contribution < 1.29 is 17.9 Å². The lowest BCUT2D eigenvalue weighted by atomic mass is 10.1. The number of nitrogens with one attached hydrogen (secondary N) is 1. The van der Waals surface area contributed by atoms with Crippen LogP contribution in [0.5, 0.6) is 0 Å². The molecule has 3 rings (SSSR count). The fourth-order valence-electron chi connectivity index (χ4n) is 2.92. The molecule has 1 N–H and O–H groups in total. The molecule has 1 aliphatic rings. The Morgan fingerprint density at radius 2 is 2.04 bits per heavy atom. The molecule has 0 aliphatic heterocycles. The first kappa shape index (κ1) is 19.6. The molecule has 7 nitrogen and oxygen atoms in total. The van der Waals surface area contributed by atoms with Gasteiger partial charge in [-0.2, -0.15) is 0 Å². The Morgan fingerprint density at radius 1 is 1.22 bits per heavy atom. The Labute approximate surface area is 163 Å². The van der Waals surface area contributed by atoms with Gasteiger partial charge in [0.15, 0.2) is 9.84 Å². The van der Waals surface area contributed by atoms with Crippen LogP contribution in [0, 0.1) is 0 Å². The van der Waals surface area contributed by atoms with Crippen molar-refractivity contribution in [3.05, 3.63) is 46.9 Å². The van der Waals surface area contributed by atoms with Gasteiger partial charge in [-0.05, 0) is 42.5 Å². The minimum absolute atomic E-state index is 0.0892. The van der Waals surface area contributed by atoms with Crippen LogP contribution in [0.25, 0.3) is 0 Å². The summed E-state index contributed by atoms with van der Waals surface area (Å²) in [4.78, 5) is 19.9. The summed E-state index contributed by atoms with van der Waals surface area (Å²) < 4.78 is 29.9. The van der Waals surface area contributed by atoms with Crippen molar-refractivity contribution in [1.82, 2.24) is 9.97 Å². The molecule has 0 bridgehead atoms. The summed E-state index contributed by atoms with van der Waals surface area (Å²) in [6.45, 7) is 0.407. The first-order valence-electron chi connectivity index (χ1n) is 8.66. The molecular formula is C18H20ClN3O4S. The lowest BCUT2D eigenvalue weighted by molar-refractivity contribution is -0.142. The number of nitrogens with zero attached hydrogens (tertiary/aromatic N) is 2. The second-order valence-corrected chi connectivity index (χ2v) is 8.72. The summed E-state index contributed by atoms with van der Waals surface area (Å²) in [7, 11) is -3.50. The zero-order valence-corrected chi connectivity index (χ0v) is 16.2. The van der Waals surface area contributed by atoms with Crippen LogP contribution >= 0.6 is 11.6 Å². The van der Waals surface area contributed by atoms with Gasteiger partial charge in [-0.3, -0.25) is 9.78 Å². The first-order valence-corrected chi connectivity index (χ1v) is 10.7. The van der Waals surface area contributed by atoms with E-state index in [9.17, 15) is 13.2 Å². The molecule has 0 fully saturated rings. The molecule has 9 heteroatoms. The number of benzene rings is 1. The van der Waals surface area contributed by atoms with Crippen LogP contribution in [0.1, 0.15) is 24.0 Å². The van der Waals surface area contributed by atoms with Crippen LogP contribution in [0.3, 0.4) is 0 Å². The third-order valence-corrected chi connectivity index (χ3v) is 6.18. The van der Waals surface area contributed by atoms with Crippen LogP contribution < -0.4 is 5.32 Å². The van der Waals surface area contributed by atoms with E-state index in [1.54, 1.807) is 12.1 Å². The van der Waals surface area contributed by atoms with Crippen LogP contribution in [-0.2, 0) is 32.2 Å². The van der Waals surface area contributed by atoms with Gasteiger partial charge >= 0.3 is 5.97 Å². The number of hydrogen-bond acceptors (Lipinski definition) is 7. The molecule has 27 heavy (non-hydrogen) atoms. The quantitative estimate of drug-likeness (QED) is 0.528. The monoisotopic (exact) mass is 409 g/mol. The minimum Gasteiger partial charge on any atom is -0.464 e. The van der Waals surface area contributed by atoms with Crippen molar-refractivity contribution in [2.45, 2.75) is 30.6 Å². The highest BCUT2D eigenvalue weighted by atomic mass is 35.5. The van der Waals surface area contributed by atoms with Gasteiger partial charge in [0.25, 0.3) is 0 Å². The van der Waals surface area contributed by atoms with Gasteiger partial charge in [0.05, 0.1) is 36.0 Å². The van der Waals surface area contributed by atoms with E-state index in [-0.39, 0.29) is 28.8 Å². The van der Waals surface area contributed by atoms with Crippen LogP contribution in [-0.4, -0.2) is 43.3 Å². The van der Waals surface area contributed by atoms with Gasteiger partial charge < -0.3 is 10.1 Å². The Balaban J connectivity index is 1.43. The van der Waals surface area contributed by atoms with Crippen molar-refractivity contribution in [3.63, 3.8) is 0 Å². The molecule has 0 spiro atoms. The molecule has 0 radical (unpaired) electrons. The molecule has 1 aliphatic carbocycles. The maximum absolute atomic E-state index is 12.4. The molecule has 1 heterocycles. The summed E-state index contributed by atoms with van der Waals surface area (Å²) >= 11 is 5.72. The predicted octanol–water partition coefficient (Wildman–Crippen LogP) is 2.44. The van der Waals surface area contributed by atoms with E-state index in [1.165, 1.54) is 18.0 Å². The van der Waals surface area contributed by atoms with E-state index in [0.29, 0.717) is 12.4 Å². The number of sulfone groups is 1. The number of ether oxygens (including phenoxy) is 1. The molecule has 0 atom stereocenters. The molecule has 0 amide bonds. The van der Waals surface area contributed by atoms with Crippen molar-refractivity contribution in [3.8, 4) is 0 Å². The van der Waals surface area contributed by atoms with Gasteiger partial charge in [-0.25, -0.2) is 13.4 Å². The number of aromatic nitrogens is 2. The van der Waals surface area contributed by atoms with Gasteiger partial charge in [0.2, 0.25) is 0 Å². The fraction of sp³-hybridized carbons (Fsp3) is 0.389. The summed E-state index contributed by atoms with van der Waals surface area (Å²) in [6, 6.07) is 5.23. The van der Waals surface area contributed by atoms with Crippen molar-refractivity contribution in [2.75, 3.05) is 24.2 Å². The topological polar surface area (TPSA) is 98.2 Å². The van der Waals surface area contributed by atoms with Crippen LogP contribution in [0.2, 0.25) is 5.15 Å². The fourth-order valence-corrected chi connectivity index (χ4v) is 4.34. The average molecular weight is 410 g/mol. The number of rotatable bonds is 8. The Kier molecular flexibility index (Phi) is 6.28. The molecule has 1 aromatic heterocycles. The Morgan fingerprint density at radius 3 is 2.85 bits per heavy atom. The van der Waals surface area contributed by atoms with E-state index in [2.05, 4.69) is 15.3 Å². The van der Waals surface area contributed by atoms with Gasteiger partial charge in [-0.15, -0.1) is 0 Å². The molecule has 144 valence electrons. The Bertz CT molecular complexity index is 934. The maximum Gasteiger partial charge on any atom is 0.306 e. The lowest BCUT2D eigenvalue weighted by Gasteiger charge is -2.08. The molecule has 1 aromatic carbocycles. The SMILES string of the molecule is O=C(CCS(=O)(=O)c1ccc2c(c1)CCC2)OCCNc1cncc(Cl)n1. The number of anilines is 1. The zero-order chi connectivity index (χ0) is 19.3. The largest absolute Gasteiger partial charge is 0.464 e. The van der Waals surface area contributed by atoms with Gasteiger partial charge in [0, 0.05) is 0 Å². The lowest BCUT2D eigenvalue weighted by Crippen LogP contribution is -2.17. The van der Waals surface area contributed by atoms with E-state index in [4.69, 9.17) is 16.3 Å². The van der Waals surface area contributed by atoms with Crippen molar-refractivity contribution in [1.29, 1.82) is 0 Å². The third-order valence-electron chi connectivity index (χ3n) is 4.28. The number of fused-ring (bicyclic) bond motifs is 1. The number of aryl methyl sites for hydroxylation is 2. The second-order valence-electron chi connectivity index (χ2n) is 6.23. The van der Waals surface area contributed by atoms with Gasteiger partial charge in [0.1, 0.15) is 17.6 Å². The van der Waals surface area contributed by atoms with E-state index >= 15 is 0 Å². The average Bonchev–Trinajstić information content (AvgIpc) is 3.11. The molecule has 0 saturated heterocycles. The highest BCUT2D eigenvalue weighted by Crippen LogP contribution is 2.25. The van der Waals surface area contributed by atoms with E-state index < -0.39 is 15.8 Å². The third kappa shape index (κ3) is 5.40. The van der Waals surface area contributed by atoms with E-state index in [0.717, 1.165) is 24.8 Å². The molecule has 0 unspecified atom stereocenters. The van der Waals surface area contributed by atoms with Crippen molar-refractivity contribution >= 4 is 33.2 Å². The second kappa shape index (κ2) is 8.67. The smallest absolute Gasteiger partial charge is 0.306 e. The molecule has 2 aromatic rings. The summed E-state index contributed by atoms with van der Waals surface area (Å²) in [5.41, 5.74) is 2.30. The standard InChI is InChI=1S/C18H20ClN3O4S/c19-16-11-20-12-17(22-16)21-7-8-26-18(23)6-9-27(24,25)15-5-4-13-2-1-3-14(13)10-15/h4-5,10-12H,1-3,6-9H2,(H,21,22). The maximum atomic E-state index is 12.4. The summed E-state index contributed by atoms with van der Waals surface area (Å²) in [6.07, 6.45) is 5.68. The van der Waals surface area contributed by atoms with Crippen molar-refractivity contribution in [2.24, 2.45) is 0 Å². The zero-order valence-electron chi connectivity index (χ0n) is 14.7.